The number of guanidine groups is 1. The first-order valence-corrected chi connectivity index (χ1v) is 14.4. The van der Waals surface area contributed by atoms with Crippen LogP contribution in [0.1, 0.15) is 0 Å². The third-order valence-electron chi connectivity index (χ3n) is 7.52. The number of methoxy groups -OCH3 is 1. The van der Waals surface area contributed by atoms with Crippen LogP contribution in [0.2, 0.25) is 0 Å². The fraction of sp³-hybridized carbons (Fsp3) is 0.552. The van der Waals surface area contributed by atoms with E-state index in [1.807, 2.05) is 0 Å². The van der Waals surface area contributed by atoms with Crippen molar-refractivity contribution in [2.24, 2.45) is 22.6 Å². The fourth-order valence-electron chi connectivity index (χ4n) is 5.14. The molecule has 0 bridgehead atoms. The highest BCUT2D eigenvalue weighted by molar-refractivity contribution is 5.95. The van der Waals surface area contributed by atoms with Gasteiger partial charge in [-0.05, 0) is 12.6 Å². The number of aliphatic hydroxyl groups excluding tert-OH is 4. The van der Waals surface area contributed by atoms with E-state index in [2.05, 4.69) is 22.2 Å². The molecule has 0 spiro atoms. The fourth-order valence-corrected chi connectivity index (χ4v) is 5.14. The Bertz CT molecular complexity index is 1250. The van der Waals surface area contributed by atoms with Gasteiger partial charge in [-0.3, -0.25) is 10.3 Å². The molecule has 0 saturated carbocycles. The Hall–Kier alpha value is -3.81. The van der Waals surface area contributed by atoms with Gasteiger partial charge in [0.15, 0.2) is 12.2 Å². The van der Waals surface area contributed by atoms with E-state index in [0.29, 0.717) is 5.57 Å². The van der Waals surface area contributed by atoms with E-state index in [9.17, 15) is 35.1 Å². The summed E-state index contributed by atoms with van der Waals surface area (Å²) in [6.45, 7) is 3.30. The number of hydrogen-bond acceptors (Lipinski definition) is 14. The third-order valence-corrected chi connectivity index (χ3v) is 7.52. The molecule has 8 atom stereocenters. The Morgan fingerprint density at radius 2 is 2.00 bits per heavy atom. The van der Waals surface area contributed by atoms with Crippen molar-refractivity contribution in [1.82, 2.24) is 15.5 Å². The quantitative estimate of drug-likeness (QED) is 0.0316. The Balaban J connectivity index is 2.04. The Kier molecular flexibility index (Phi) is 13.7. The highest BCUT2D eigenvalue weighted by Crippen LogP contribution is 2.37. The molecule has 0 unspecified atom stereocenters. The molecule has 0 aromatic carbocycles. The maximum absolute atomic E-state index is 12.8. The molecule has 0 amide bonds. The number of aliphatic hydroxyl groups is 4. The first-order chi connectivity index (χ1) is 22.0. The minimum Gasteiger partial charge on any atom is -0.478 e. The van der Waals surface area contributed by atoms with Crippen LogP contribution in [0.25, 0.3) is 0 Å². The zero-order chi connectivity index (χ0) is 34.0. The van der Waals surface area contributed by atoms with Crippen LogP contribution in [0.3, 0.4) is 0 Å². The van der Waals surface area contributed by atoms with Gasteiger partial charge in [-0.2, -0.15) is 0 Å². The molecule has 1 saturated heterocycles. The van der Waals surface area contributed by atoms with Crippen LogP contribution in [-0.4, -0.2) is 140 Å². The Morgan fingerprint density at radius 1 is 1.26 bits per heavy atom. The van der Waals surface area contributed by atoms with Crippen LogP contribution in [-0.2, 0) is 33.3 Å². The largest absolute Gasteiger partial charge is 0.478 e. The smallest absolute Gasteiger partial charge is 0.339 e. The van der Waals surface area contributed by atoms with Gasteiger partial charge in [0.1, 0.15) is 24.4 Å². The van der Waals surface area contributed by atoms with Crippen molar-refractivity contribution in [3.63, 3.8) is 0 Å². The third kappa shape index (κ3) is 8.51. The second kappa shape index (κ2) is 17.2. The van der Waals surface area contributed by atoms with Crippen LogP contribution in [0.5, 0.6) is 0 Å². The Labute approximate surface area is 265 Å². The van der Waals surface area contributed by atoms with E-state index < -0.39 is 67.4 Å². The van der Waals surface area contributed by atoms with Gasteiger partial charge in [-0.1, -0.05) is 18.2 Å². The van der Waals surface area contributed by atoms with Crippen LogP contribution in [0, 0.1) is 11.8 Å². The van der Waals surface area contributed by atoms with Gasteiger partial charge in [0, 0.05) is 32.3 Å². The molecule has 256 valence electrons. The summed E-state index contributed by atoms with van der Waals surface area (Å²) >= 11 is 0. The molecule has 17 heteroatoms. The maximum atomic E-state index is 12.8. The molecule has 0 aliphatic carbocycles. The van der Waals surface area contributed by atoms with Crippen molar-refractivity contribution in [3.8, 4) is 0 Å². The molecule has 9 N–H and O–H groups in total. The first kappa shape index (κ1) is 36.7. The zero-order valence-electron chi connectivity index (χ0n) is 25.8. The first-order valence-electron chi connectivity index (χ1n) is 14.4. The second-order valence-electron chi connectivity index (χ2n) is 10.4. The van der Waals surface area contributed by atoms with Crippen molar-refractivity contribution in [3.05, 3.63) is 59.7 Å². The molecule has 3 heterocycles. The van der Waals surface area contributed by atoms with Gasteiger partial charge >= 0.3 is 11.9 Å². The summed E-state index contributed by atoms with van der Waals surface area (Å²) < 4.78 is 28.2. The number of nitrogens with two attached hydrogens (primary N) is 1. The number of rotatable bonds is 14. The number of nitrogens with one attached hydrogen (secondary N) is 2. The number of carboxylic acids is 1. The summed E-state index contributed by atoms with van der Waals surface area (Å²) in [5.74, 6) is -3.63. The molecule has 46 heavy (non-hydrogen) atoms. The average Bonchev–Trinajstić information content (AvgIpc) is 3.05. The number of carbonyl (C=O) groups is 2. The zero-order valence-corrected chi connectivity index (χ0v) is 25.8. The summed E-state index contributed by atoms with van der Waals surface area (Å²) in [5, 5.41) is 55.9. The lowest BCUT2D eigenvalue weighted by Gasteiger charge is -2.44. The van der Waals surface area contributed by atoms with E-state index in [0.717, 1.165) is 6.26 Å². The molecule has 1 fully saturated rings. The number of aliphatic imine (C=N–C) groups is 1. The number of esters is 1. The molecule has 3 aliphatic heterocycles. The van der Waals surface area contributed by atoms with Crippen molar-refractivity contribution >= 4 is 17.9 Å². The standard InChI is InChI=1S/C29H43N5O12/c1-5-16-17(7-6-15-10-34(8-9-35)11-18(25(39)40)21(15)33-29(30)32-3)19(26(41)42-4)13-43-27(16)46-28-24(44-14-31-2)23(38)22(37)20(12-36)45-28/h5-7,11,13,16-17,20,22-24,27-28,31,35-38H,1,8-10,12,14H2,2-4H3,(H,39,40)(H3,30,32,33)/b7-6+/t16-,17+,20-,22-,23+,24-,27+,28+/m1/s1. The number of carbonyl (C=O) groups excluding carboxylic acids is 1. The van der Waals surface area contributed by atoms with E-state index >= 15 is 0 Å². The summed E-state index contributed by atoms with van der Waals surface area (Å²) in [5.41, 5.74) is 6.43. The number of allylic oxidation sites excluding steroid dienone is 1. The van der Waals surface area contributed by atoms with Gasteiger partial charge in [-0.25, -0.2) is 9.59 Å². The minimum absolute atomic E-state index is 0.0333. The van der Waals surface area contributed by atoms with E-state index in [-0.39, 0.29) is 49.2 Å². The number of β-amino-alcohol motifs (C(OH)–C–C–N with tert-alkyl or cyclic N) is 1. The lowest BCUT2D eigenvalue weighted by Crippen LogP contribution is -2.61. The lowest BCUT2D eigenvalue weighted by molar-refractivity contribution is -0.345. The summed E-state index contributed by atoms with van der Waals surface area (Å²) in [7, 11) is 4.24. The average molecular weight is 654 g/mol. The molecule has 0 aromatic heterocycles. The number of carboxylic acid groups (broad SMARTS) is 1. The monoisotopic (exact) mass is 653 g/mol. The number of hydrogen-bond donors (Lipinski definition) is 8. The summed E-state index contributed by atoms with van der Waals surface area (Å²) in [4.78, 5) is 30.5. The van der Waals surface area contributed by atoms with Crippen molar-refractivity contribution in [2.75, 3.05) is 54.2 Å². The number of ether oxygens (including phenoxy) is 5. The van der Waals surface area contributed by atoms with Gasteiger partial charge in [0.05, 0.1) is 56.1 Å². The van der Waals surface area contributed by atoms with E-state index in [1.54, 1.807) is 24.1 Å². The van der Waals surface area contributed by atoms with Crippen molar-refractivity contribution in [1.29, 1.82) is 0 Å². The molecular weight excluding hydrogens is 610 g/mol. The molecule has 3 aliphatic rings. The van der Waals surface area contributed by atoms with E-state index in [4.69, 9.17) is 29.4 Å². The summed E-state index contributed by atoms with van der Waals surface area (Å²) in [6.07, 6.45) is -0.639. The minimum atomic E-state index is -1.49. The molecule has 17 nitrogen and oxygen atoms in total. The highest BCUT2D eigenvalue weighted by atomic mass is 16.8. The van der Waals surface area contributed by atoms with Gasteiger partial charge in [0.2, 0.25) is 6.29 Å². The predicted octanol–water partition coefficient (Wildman–Crippen LogP) is -2.54. The SMILES string of the molecule is C=C[C@H]1[C@H](O[C@@H]2O[C@H](CO)[C@@H](O)[C@H](O)[C@H]2OCNC)OC=C(C(=O)OC)[C@H]1/C=C/C1=C(NC(N)=NC)C(C(=O)O)=CN(CCO)C1. The van der Waals surface area contributed by atoms with Crippen LogP contribution in [0.4, 0.5) is 0 Å². The van der Waals surface area contributed by atoms with Gasteiger partial charge in [-0.15, -0.1) is 6.58 Å². The van der Waals surface area contributed by atoms with Crippen molar-refractivity contribution < 1.29 is 58.8 Å². The Morgan fingerprint density at radius 3 is 2.59 bits per heavy atom. The van der Waals surface area contributed by atoms with Gasteiger partial charge < -0.3 is 65.2 Å². The maximum Gasteiger partial charge on any atom is 0.339 e. The van der Waals surface area contributed by atoms with Crippen molar-refractivity contribution in [2.45, 2.75) is 37.0 Å². The van der Waals surface area contributed by atoms with Gasteiger partial charge in [0.25, 0.3) is 0 Å². The molecule has 0 radical (unpaired) electrons. The number of aliphatic carboxylic acids is 1. The van der Waals surface area contributed by atoms with E-state index in [1.165, 1.54) is 26.4 Å². The normalized spacial score (nSPS) is 30.4. The van der Waals surface area contributed by atoms with Crippen LogP contribution in [0.15, 0.2) is 64.7 Å². The molecular formula is C29H43N5O12. The predicted molar refractivity (Wildman–Crippen MR) is 161 cm³/mol. The summed E-state index contributed by atoms with van der Waals surface area (Å²) in [6, 6.07) is 0. The van der Waals surface area contributed by atoms with Crippen LogP contribution < -0.4 is 16.4 Å². The highest BCUT2D eigenvalue weighted by Gasteiger charge is 2.48. The second-order valence-corrected chi connectivity index (χ2v) is 10.4. The topological polar surface area (TPSA) is 247 Å². The lowest BCUT2D eigenvalue weighted by atomic mass is 9.83. The van der Waals surface area contributed by atoms with Crippen LogP contribution >= 0.6 is 0 Å². The molecule has 3 rings (SSSR count). The number of nitrogens with zero attached hydrogens (tertiary/aromatic N) is 2. The molecule has 0 aromatic rings.